The molecule has 0 saturated carbocycles. The lowest BCUT2D eigenvalue weighted by atomic mass is 9.95. The summed E-state index contributed by atoms with van der Waals surface area (Å²) in [5, 5.41) is 19.7. The van der Waals surface area contributed by atoms with Crippen molar-refractivity contribution in [1.29, 1.82) is 10.5 Å². The fourth-order valence-electron chi connectivity index (χ4n) is 2.52. The van der Waals surface area contributed by atoms with Gasteiger partial charge in [0, 0.05) is 6.54 Å². The lowest BCUT2D eigenvalue weighted by Gasteiger charge is -2.23. The topological polar surface area (TPSA) is 78.5 Å². The van der Waals surface area contributed by atoms with Crippen LogP contribution >= 0.6 is 0 Å². The van der Waals surface area contributed by atoms with E-state index in [0.29, 0.717) is 31.1 Å². The van der Waals surface area contributed by atoms with Crippen LogP contribution in [0.5, 0.6) is 11.5 Å². The maximum Gasteiger partial charge on any atom is 0.231 e. The number of nitrogens with zero attached hydrogens (tertiary/aromatic N) is 3. The molecule has 102 valence electrons. The van der Waals surface area contributed by atoms with Gasteiger partial charge in [-0.3, -0.25) is 4.84 Å². The Labute approximate surface area is 116 Å². The summed E-state index contributed by atoms with van der Waals surface area (Å²) in [4.78, 5) is 5.53. The summed E-state index contributed by atoms with van der Waals surface area (Å²) < 4.78 is 10.7. The van der Waals surface area contributed by atoms with E-state index >= 15 is 0 Å². The van der Waals surface area contributed by atoms with Crippen molar-refractivity contribution in [3.05, 3.63) is 23.8 Å². The van der Waals surface area contributed by atoms with Crippen LogP contribution < -0.4 is 9.47 Å². The molecule has 1 saturated heterocycles. The van der Waals surface area contributed by atoms with Gasteiger partial charge in [0.2, 0.25) is 6.79 Å². The summed E-state index contributed by atoms with van der Waals surface area (Å²) in [6.45, 7) is 1.05. The molecule has 0 spiro atoms. The first-order chi connectivity index (χ1) is 9.83. The first kappa shape index (κ1) is 12.7. The highest BCUT2D eigenvalue weighted by atomic mass is 16.7. The molecule has 0 bridgehead atoms. The van der Waals surface area contributed by atoms with Crippen molar-refractivity contribution >= 4 is 0 Å². The Morgan fingerprint density at radius 2 is 2.10 bits per heavy atom. The summed E-state index contributed by atoms with van der Waals surface area (Å²) in [6.07, 6.45) is 0.360. The molecule has 2 atom stereocenters. The van der Waals surface area contributed by atoms with Gasteiger partial charge in [0.15, 0.2) is 11.5 Å². The van der Waals surface area contributed by atoms with E-state index in [0.717, 1.165) is 5.56 Å². The molecule has 2 heterocycles. The summed E-state index contributed by atoms with van der Waals surface area (Å²) in [7, 11) is 0. The van der Waals surface area contributed by atoms with Gasteiger partial charge in [-0.05, 0) is 17.7 Å². The van der Waals surface area contributed by atoms with E-state index in [9.17, 15) is 5.26 Å². The van der Waals surface area contributed by atoms with E-state index in [1.807, 2.05) is 18.2 Å². The van der Waals surface area contributed by atoms with Crippen LogP contribution in [0.15, 0.2) is 18.2 Å². The molecule has 6 heteroatoms. The first-order valence-electron chi connectivity index (χ1n) is 6.39. The molecule has 1 fully saturated rings. The van der Waals surface area contributed by atoms with Crippen molar-refractivity contribution in [1.82, 2.24) is 5.06 Å². The van der Waals surface area contributed by atoms with Gasteiger partial charge in [0.1, 0.15) is 0 Å². The quantitative estimate of drug-likeness (QED) is 0.833. The second kappa shape index (κ2) is 5.38. The standard InChI is InChI=1S/C14H13N3O3/c15-4-1-5-17-14(11(7-16)8-20-17)10-2-3-12-13(6-10)19-9-18-12/h2-3,6,11,14H,1,5,8-9H2/t11-,14-/m0/s1. The predicted octanol–water partition coefficient (Wildman–Crippen LogP) is 1.76. The van der Waals surface area contributed by atoms with Crippen LogP contribution in [0.2, 0.25) is 0 Å². The highest BCUT2D eigenvalue weighted by Crippen LogP contribution is 2.40. The Kier molecular flexibility index (Phi) is 3.42. The van der Waals surface area contributed by atoms with Crippen LogP contribution in [0.1, 0.15) is 18.0 Å². The molecule has 0 aromatic heterocycles. The summed E-state index contributed by atoms with van der Waals surface area (Å²) >= 11 is 0. The van der Waals surface area contributed by atoms with E-state index in [-0.39, 0.29) is 18.8 Å². The fraction of sp³-hybridized carbons (Fsp3) is 0.429. The number of hydrogen-bond acceptors (Lipinski definition) is 6. The monoisotopic (exact) mass is 271 g/mol. The van der Waals surface area contributed by atoms with Gasteiger partial charge in [-0.25, -0.2) is 0 Å². The van der Waals surface area contributed by atoms with Gasteiger partial charge in [0.25, 0.3) is 0 Å². The third-order valence-corrected chi connectivity index (χ3v) is 3.46. The van der Waals surface area contributed by atoms with Gasteiger partial charge in [-0.2, -0.15) is 15.6 Å². The second-order valence-corrected chi connectivity index (χ2v) is 4.64. The summed E-state index contributed by atoms with van der Waals surface area (Å²) in [6, 6.07) is 9.81. The normalized spacial score (nSPS) is 24.3. The van der Waals surface area contributed by atoms with E-state index in [1.54, 1.807) is 5.06 Å². The second-order valence-electron chi connectivity index (χ2n) is 4.64. The van der Waals surface area contributed by atoms with Crippen molar-refractivity contribution in [2.24, 2.45) is 5.92 Å². The Balaban J connectivity index is 1.88. The van der Waals surface area contributed by atoms with Crippen LogP contribution in [-0.4, -0.2) is 25.0 Å². The number of ether oxygens (including phenoxy) is 2. The molecule has 0 amide bonds. The Morgan fingerprint density at radius 1 is 1.25 bits per heavy atom. The van der Waals surface area contributed by atoms with Crippen LogP contribution in [0, 0.1) is 28.6 Å². The van der Waals surface area contributed by atoms with Crippen LogP contribution in [0.4, 0.5) is 0 Å². The number of fused-ring (bicyclic) bond motifs is 1. The minimum Gasteiger partial charge on any atom is -0.454 e. The first-order valence-corrected chi connectivity index (χ1v) is 6.39. The molecule has 2 aliphatic rings. The third kappa shape index (κ3) is 2.16. The lowest BCUT2D eigenvalue weighted by Crippen LogP contribution is -2.25. The molecule has 1 aromatic carbocycles. The minimum absolute atomic E-state index is 0.178. The average Bonchev–Trinajstić information content (AvgIpc) is 3.10. The van der Waals surface area contributed by atoms with Crippen molar-refractivity contribution in [3.63, 3.8) is 0 Å². The Morgan fingerprint density at radius 3 is 2.90 bits per heavy atom. The zero-order valence-electron chi connectivity index (χ0n) is 10.8. The Hall–Kier alpha value is -2.28. The van der Waals surface area contributed by atoms with Crippen molar-refractivity contribution in [2.75, 3.05) is 19.9 Å². The van der Waals surface area contributed by atoms with Crippen molar-refractivity contribution < 1.29 is 14.3 Å². The van der Waals surface area contributed by atoms with Crippen LogP contribution in [-0.2, 0) is 4.84 Å². The lowest BCUT2D eigenvalue weighted by molar-refractivity contribution is -0.131. The van der Waals surface area contributed by atoms with E-state index in [4.69, 9.17) is 19.6 Å². The van der Waals surface area contributed by atoms with Crippen LogP contribution in [0.3, 0.4) is 0 Å². The van der Waals surface area contributed by atoms with Gasteiger partial charge >= 0.3 is 0 Å². The third-order valence-electron chi connectivity index (χ3n) is 3.46. The molecule has 2 aliphatic heterocycles. The Bertz CT molecular complexity index is 590. The van der Waals surface area contributed by atoms with Gasteiger partial charge in [-0.15, -0.1) is 0 Å². The van der Waals surface area contributed by atoms with Gasteiger partial charge in [0.05, 0.1) is 37.1 Å². The maximum atomic E-state index is 9.26. The molecular weight excluding hydrogens is 258 g/mol. The molecule has 0 radical (unpaired) electrons. The maximum absolute atomic E-state index is 9.26. The number of benzene rings is 1. The number of hydroxylamine groups is 2. The minimum atomic E-state index is -0.255. The SMILES string of the molecule is N#CCCN1OC[C@H](C#N)[C@@H]1c1ccc2c(c1)OCO2. The fourth-order valence-corrected chi connectivity index (χ4v) is 2.52. The summed E-state index contributed by atoms with van der Waals surface area (Å²) in [5.41, 5.74) is 0.941. The molecule has 20 heavy (non-hydrogen) atoms. The average molecular weight is 271 g/mol. The zero-order valence-corrected chi connectivity index (χ0v) is 10.8. The number of hydrogen-bond donors (Lipinski definition) is 0. The number of nitriles is 2. The molecule has 6 nitrogen and oxygen atoms in total. The van der Waals surface area contributed by atoms with Crippen LogP contribution in [0.25, 0.3) is 0 Å². The van der Waals surface area contributed by atoms with Gasteiger partial charge in [-0.1, -0.05) is 6.07 Å². The number of rotatable bonds is 3. The highest BCUT2D eigenvalue weighted by Gasteiger charge is 2.37. The molecule has 0 unspecified atom stereocenters. The molecule has 3 rings (SSSR count). The molecule has 1 aromatic rings. The highest BCUT2D eigenvalue weighted by molar-refractivity contribution is 5.45. The largest absolute Gasteiger partial charge is 0.454 e. The van der Waals surface area contributed by atoms with E-state index < -0.39 is 0 Å². The molecular formula is C14H13N3O3. The molecule has 0 aliphatic carbocycles. The van der Waals surface area contributed by atoms with Crippen molar-refractivity contribution in [2.45, 2.75) is 12.5 Å². The smallest absolute Gasteiger partial charge is 0.231 e. The van der Waals surface area contributed by atoms with E-state index in [1.165, 1.54) is 0 Å². The zero-order chi connectivity index (χ0) is 13.9. The van der Waals surface area contributed by atoms with Crippen molar-refractivity contribution in [3.8, 4) is 23.6 Å². The predicted molar refractivity (Wildman–Crippen MR) is 67.3 cm³/mol. The van der Waals surface area contributed by atoms with Gasteiger partial charge < -0.3 is 9.47 Å². The summed E-state index contributed by atoms with van der Waals surface area (Å²) in [5.74, 6) is 1.14. The van der Waals surface area contributed by atoms with E-state index in [2.05, 4.69) is 12.1 Å². The molecule has 0 N–H and O–H groups in total.